The molecule has 0 amide bonds. The van der Waals surface area contributed by atoms with Gasteiger partial charge in [-0.15, -0.1) is 0 Å². The zero-order chi connectivity index (χ0) is 13.4. The van der Waals surface area contributed by atoms with Crippen LogP contribution in [0.4, 0.5) is 0 Å². The predicted octanol–water partition coefficient (Wildman–Crippen LogP) is 2.81. The summed E-state index contributed by atoms with van der Waals surface area (Å²) in [6, 6.07) is 9.58. The molecule has 4 nitrogen and oxygen atoms in total. The quantitative estimate of drug-likeness (QED) is 0.790. The number of aromatic nitrogens is 3. The van der Waals surface area contributed by atoms with Gasteiger partial charge in [0.2, 0.25) is 0 Å². The van der Waals surface area contributed by atoms with Crippen molar-refractivity contribution in [1.82, 2.24) is 14.8 Å². The number of nitrogens with zero attached hydrogens (tertiary/aromatic N) is 3. The fourth-order valence-electron chi connectivity index (χ4n) is 2.24. The molecule has 1 unspecified atom stereocenters. The fraction of sp³-hybridized carbons (Fsp3) is 0.143. The average Bonchev–Trinajstić information content (AvgIpc) is 2.77. The summed E-state index contributed by atoms with van der Waals surface area (Å²) in [5, 5.41) is 15.7. The third-order valence-corrected chi connectivity index (χ3v) is 3.78. The third-order valence-electron chi connectivity index (χ3n) is 3.17. The first-order valence-corrected chi connectivity index (χ1v) is 6.67. The van der Waals surface area contributed by atoms with Crippen molar-refractivity contribution in [3.05, 3.63) is 58.5 Å². The number of benzene rings is 1. The van der Waals surface area contributed by atoms with Gasteiger partial charge in [-0.1, -0.05) is 18.2 Å². The summed E-state index contributed by atoms with van der Waals surface area (Å²) < 4.78 is 2.47. The van der Waals surface area contributed by atoms with Gasteiger partial charge in [0.1, 0.15) is 6.10 Å². The number of aryl methyl sites for hydroxylation is 1. The maximum Gasteiger partial charge on any atom is 0.122 e. The highest BCUT2D eigenvalue weighted by molar-refractivity contribution is 9.10. The van der Waals surface area contributed by atoms with E-state index in [2.05, 4.69) is 26.0 Å². The minimum Gasteiger partial charge on any atom is -0.382 e. The van der Waals surface area contributed by atoms with E-state index in [9.17, 15) is 5.11 Å². The van der Waals surface area contributed by atoms with Crippen molar-refractivity contribution in [3.63, 3.8) is 0 Å². The number of pyridine rings is 1. The van der Waals surface area contributed by atoms with Crippen molar-refractivity contribution in [2.75, 3.05) is 0 Å². The molecule has 0 saturated carbocycles. The van der Waals surface area contributed by atoms with Crippen LogP contribution in [0.2, 0.25) is 0 Å². The van der Waals surface area contributed by atoms with Gasteiger partial charge in [-0.05, 0) is 33.6 Å². The zero-order valence-electron chi connectivity index (χ0n) is 10.3. The highest BCUT2D eigenvalue weighted by atomic mass is 79.9. The molecule has 3 rings (SSSR count). The lowest BCUT2D eigenvalue weighted by Crippen LogP contribution is -2.08. The summed E-state index contributed by atoms with van der Waals surface area (Å²) in [4.78, 5) is 4.31. The van der Waals surface area contributed by atoms with E-state index < -0.39 is 6.10 Å². The number of aliphatic hydroxyl groups is 1. The Bertz CT molecular complexity index is 714. The molecule has 1 aromatic carbocycles. The lowest BCUT2D eigenvalue weighted by molar-refractivity contribution is 0.210. The topological polar surface area (TPSA) is 50.9 Å². The Balaban J connectivity index is 2.20. The fourth-order valence-corrected chi connectivity index (χ4v) is 2.81. The Kier molecular flexibility index (Phi) is 3.08. The number of halogens is 1. The molecule has 0 aliphatic carbocycles. The van der Waals surface area contributed by atoms with Gasteiger partial charge in [-0.2, -0.15) is 5.10 Å². The van der Waals surface area contributed by atoms with Gasteiger partial charge in [0, 0.05) is 18.6 Å². The number of aliphatic hydroxyl groups excluding tert-OH is 1. The summed E-state index contributed by atoms with van der Waals surface area (Å²) >= 11 is 3.42. The van der Waals surface area contributed by atoms with Gasteiger partial charge in [-0.25, -0.2) is 0 Å². The maximum absolute atomic E-state index is 10.6. The van der Waals surface area contributed by atoms with Gasteiger partial charge < -0.3 is 5.11 Å². The van der Waals surface area contributed by atoms with E-state index >= 15 is 0 Å². The molecule has 3 aromatic rings. The van der Waals surface area contributed by atoms with Crippen LogP contribution >= 0.6 is 15.9 Å². The van der Waals surface area contributed by atoms with E-state index in [4.69, 9.17) is 0 Å². The van der Waals surface area contributed by atoms with Crippen molar-refractivity contribution in [2.24, 2.45) is 7.05 Å². The van der Waals surface area contributed by atoms with Gasteiger partial charge in [-0.3, -0.25) is 9.67 Å². The molecule has 2 aromatic heterocycles. The van der Waals surface area contributed by atoms with Crippen molar-refractivity contribution >= 4 is 26.8 Å². The van der Waals surface area contributed by atoms with Gasteiger partial charge >= 0.3 is 0 Å². The summed E-state index contributed by atoms with van der Waals surface area (Å²) in [6.45, 7) is 0. The Morgan fingerprint density at radius 2 is 2.11 bits per heavy atom. The second-order valence-electron chi connectivity index (χ2n) is 4.32. The highest BCUT2D eigenvalue weighted by Crippen LogP contribution is 2.31. The SMILES string of the molecule is Cn1ncc(Br)c1C(O)c1cccc2ncccc12. The molecule has 0 saturated heterocycles. The molecule has 2 heterocycles. The van der Waals surface area contributed by atoms with E-state index in [1.165, 1.54) is 0 Å². The van der Waals surface area contributed by atoms with Crippen LogP contribution in [0.3, 0.4) is 0 Å². The normalized spacial score (nSPS) is 12.8. The molecule has 0 aliphatic rings. The summed E-state index contributed by atoms with van der Waals surface area (Å²) in [7, 11) is 1.81. The number of hydrogen-bond donors (Lipinski definition) is 1. The maximum atomic E-state index is 10.6. The summed E-state index contributed by atoms with van der Waals surface area (Å²) in [6.07, 6.45) is 2.69. The largest absolute Gasteiger partial charge is 0.382 e. The van der Waals surface area contributed by atoms with Crippen LogP contribution in [-0.2, 0) is 7.05 Å². The Morgan fingerprint density at radius 3 is 2.84 bits per heavy atom. The molecule has 96 valence electrons. The lowest BCUT2D eigenvalue weighted by atomic mass is 10.0. The van der Waals surface area contributed by atoms with Crippen LogP contribution in [-0.4, -0.2) is 19.9 Å². The van der Waals surface area contributed by atoms with Crippen molar-refractivity contribution < 1.29 is 5.11 Å². The van der Waals surface area contributed by atoms with E-state index in [-0.39, 0.29) is 0 Å². The minimum atomic E-state index is -0.741. The van der Waals surface area contributed by atoms with Gasteiger partial charge in [0.25, 0.3) is 0 Å². The molecule has 0 fully saturated rings. The van der Waals surface area contributed by atoms with Crippen LogP contribution < -0.4 is 0 Å². The Labute approximate surface area is 118 Å². The minimum absolute atomic E-state index is 0.733. The number of hydrogen-bond acceptors (Lipinski definition) is 3. The van der Waals surface area contributed by atoms with Gasteiger partial charge in [0.05, 0.1) is 21.9 Å². The molecule has 0 bridgehead atoms. The third kappa shape index (κ3) is 2.05. The van der Waals surface area contributed by atoms with Crippen molar-refractivity contribution in [3.8, 4) is 0 Å². The number of rotatable bonds is 2. The lowest BCUT2D eigenvalue weighted by Gasteiger charge is -2.14. The monoisotopic (exact) mass is 317 g/mol. The highest BCUT2D eigenvalue weighted by Gasteiger charge is 2.20. The van der Waals surface area contributed by atoms with Crippen LogP contribution in [0.5, 0.6) is 0 Å². The smallest absolute Gasteiger partial charge is 0.122 e. The molecule has 1 N–H and O–H groups in total. The van der Waals surface area contributed by atoms with Crippen LogP contribution in [0.25, 0.3) is 10.9 Å². The molecule has 0 aliphatic heterocycles. The predicted molar refractivity (Wildman–Crippen MR) is 76.7 cm³/mol. The summed E-state index contributed by atoms with van der Waals surface area (Å²) in [5.41, 5.74) is 2.43. The molecule has 5 heteroatoms. The first-order chi connectivity index (χ1) is 9.18. The second kappa shape index (κ2) is 4.75. The Hall–Kier alpha value is -1.72. The number of fused-ring (bicyclic) bond motifs is 1. The van der Waals surface area contributed by atoms with E-state index in [0.717, 1.165) is 26.6 Å². The summed E-state index contributed by atoms with van der Waals surface area (Å²) in [5.74, 6) is 0. The van der Waals surface area contributed by atoms with Crippen molar-refractivity contribution in [1.29, 1.82) is 0 Å². The first-order valence-electron chi connectivity index (χ1n) is 5.87. The second-order valence-corrected chi connectivity index (χ2v) is 5.18. The zero-order valence-corrected chi connectivity index (χ0v) is 11.9. The van der Waals surface area contributed by atoms with Gasteiger partial charge in [0.15, 0.2) is 0 Å². The Morgan fingerprint density at radius 1 is 1.26 bits per heavy atom. The molecule has 0 radical (unpaired) electrons. The van der Waals surface area contributed by atoms with Crippen molar-refractivity contribution in [2.45, 2.75) is 6.10 Å². The van der Waals surface area contributed by atoms with E-state index in [0.29, 0.717) is 0 Å². The van der Waals surface area contributed by atoms with E-state index in [1.807, 2.05) is 37.4 Å². The average molecular weight is 318 g/mol. The van der Waals surface area contributed by atoms with Crippen LogP contribution in [0.1, 0.15) is 17.4 Å². The van der Waals surface area contributed by atoms with Crippen LogP contribution in [0.15, 0.2) is 47.2 Å². The first kappa shape index (κ1) is 12.3. The molecular weight excluding hydrogens is 306 g/mol. The molecular formula is C14H12BrN3O. The van der Waals surface area contributed by atoms with Crippen LogP contribution in [0, 0.1) is 0 Å². The standard InChI is InChI=1S/C14H12BrN3O/c1-18-13(11(15)8-17-18)14(19)10-4-2-6-12-9(10)5-3-7-16-12/h2-8,14,19H,1H3. The molecule has 1 atom stereocenters. The van der Waals surface area contributed by atoms with E-state index in [1.54, 1.807) is 17.1 Å². The molecule has 19 heavy (non-hydrogen) atoms. The molecule has 0 spiro atoms.